The van der Waals surface area contributed by atoms with Crippen molar-refractivity contribution in [3.8, 4) is 0 Å². The van der Waals surface area contributed by atoms with Gasteiger partial charge in [-0.3, -0.25) is 4.79 Å². The van der Waals surface area contributed by atoms with Crippen LogP contribution in [0, 0.1) is 0 Å². The van der Waals surface area contributed by atoms with Crippen molar-refractivity contribution in [3.63, 3.8) is 0 Å². The molecule has 0 aromatic heterocycles. The Labute approximate surface area is 92.2 Å². The Kier molecular flexibility index (Phi) is 9.52. The van der Waals surface area contributed by atoms with Crippen LogP contribution >= 0.6 is 0 Å². The van der Waals surface area contributed by atoms with Crippen LogP contribution in [0.1, 0.15) is 45.4 Å². The lowest BCUT2D eigenvalue weighted by atomic mass is 10.1. The van der Waals surface area contributed by atoms with E-state index in [-0.39, 0.29) is 18.6 Å². The number of amides is 1. The number of unbranched alkanes of at least 4 members (excludes halogenated alkanes) is 2. The zero-order chi connectivity index (χ0) is 11.5. The van der Waals surface area contributed by atoms with Crippen molar-refractivity contribution in [1.82, 2.24) is 5.32 Å². The molecular formula is C11H24N2O2. The summed E-state index contributed by atoms with van der Waals surface area (Å²) >= 11 is 0. The molecule has 0 saturated heterocycles. The molecule has 4 nitrogen and oxygen atoms in total. The summed E-state index contributed by atoms with van der Waals surface area (Å²) in [6.45, 7) is 2.99. The SMILES string of the molecule is CCCC(N)CC(=O)NCCCCCO. The topological polar surface area (TPSA) is 75.4 Å². The molecule has 1 unspecified atom stereocenters. The highest BCUT2D eigenvalue weighted by molar-refractivity contribution is 5.76. The molecule has 4 heteroatoms. The van der Waals surface area contributed by atoms with Gasteiger partial charge in [-0.15, -0.1) is 0 Å². The van der Waals surface area contributed by atoms with Crippen molar-refractivity contribution in [2.75, 3.05) is 13.2 Å². The van der Waals surface area contributed by atoms with E-state index in [0.717, 1.165) is 32.1 Å². The van der Waals surface area contributed by atoms with Crippen LogP contribution < -0.4 is 11.1 Å². The van der Waals surface area contributed by atoms with Gasteiger partial charge >= 0.3 is 0 Å². The molecule has 0 radical (unpaired) electrons. The van der Waals surface area contributed by atoms with Crippen molar-refractivity contribution in [1.29, 1.82) is 0 Å². The van der Waals surface area contributed by atoms with E-state index in [1.807, 2.05) is 0 Å². The quantitative estimate of drug-likeness (QED) is 0.499. The average molecular weight is 216 g/mol. The van der Waals surface area contributed by atoms with E-state index in [0.29, 0.717) is 13.0 Å². The number of nitrogens with two attached hydrogens (primary N) is 1. The van der Waals surface area contributed by atoms with Gasteiger partial charge in [-0.1, -0.05) is 13.3 Å². The van der Waals surface area contributed by atoms with E-state index in [9.17, 15) is 4.79 Å². The van der Waals surface area contributed by atoms with E-state index in [1.54, 1.807) is 0 Å². The van der Waals surface area contributed by atoms with Gasteiger partial charge in [0, 0.05) is 25.6 Å². The first-order valence-electron chi connectivity index (χ1n) is 5.83. The van der Waals surface area contributed by atoms with E-state index in [4.69, 9.17) is 10.8 Å². The minimum absolute atomic E-state index is 0.00700. The summed E-state index contributed by atoms with van der Waals surface area (Å²) in [6, 6.07) is -0.00700. The van der Waals surface area contributed by atoms with Crippen LogP contribution in [0.5, 0.6) is 0 Å². The van der Waals surface area contributed by atoms with Gasteiger partial charge < -0.3 is 16.2 Å². The molecule has 0 bridgehead atoms. The third-order valence-corrected chi connectivity index (χ3v) is 2.26. The highest BCUT2D eigenvalue weighted by Gasteiger charge is 2.07. The van der Waals surface area contributed by atoms with Crippen LogP contribution in [0.2, 0.25) is 0 Å². The second-order valence-corrected chi connectivity index (χ2v) is 3.89. The molecule has 0 aromatic carbocycles. The Morgan fingerprint density at radius 2 is 2.13 bits per heavy atom. The Hall–Kier alpha value is -0.610. The Bertz CT molecular complexity index is 163. The largest absolute Gasteiger partial charge is 0.396 e. The molecule has 90 valence electrons. The van der Waals surface area contributed by atoms with E-state index in [1.165, 1.54) is 0 Å². The first-order chi connectivity index (χ1) is 7.20. The number of hydrogen-bond donors (Lipinski definition) is 3. The molecule has 1 atom stereocenters. The summed E-state index contributed by atoms with van der Waals surface area (Å²) in [5.41, 5.74) is 5.74. The number of aliphatic hydroxyl groups excluding tert-OH is 1. The smallest absolute Gasteiger partial charge is 0.221 e. The standard InChI is InChI=1S/C11H24N2O2/c1-2-6-10(12)9-11(15)13-7-4-3-5-8-14/h10,14H,2-9,12H2,1H3,(H,13,15). The Morgan fingerprint density at radius 1 is 1.40 bits per heavy atom. The minimum atomic E-state index is -0.00700. The Balaban J connectivity index is 3.32. The van der Waals surface area contributed by atoms with Gasteiger partial charge in [0.2, 0.25) is 5.91 Å². The molecule has 4 N–H and O–H groups in total. The second kappa shape index (κ2) is 9.93. The summed E-state index contributed by atoms with van der Waals surface area (Å²) in [4.78, 5) is 11.3. The maximum atomic E-state index is 11.3. The summed E-state index contributed by atoms with van der Waals surface area (Å²) in [5.74, 6) is 0.0416. The van der Waals surface area contributed by atoms with Gasteiger partial charge in [-0.25, -0.2) is 0 Å². The zero-order valence-electron chi connectivity index (χ0n) is 9.67. The lowest BCUT2D eigenvalue weighted by Crippen LogP contribution is -2.32. The van der Waals surface area contributed by atoms with E-state index >= 15 is 0 Å². The monoisotopic (exact) mass is 216 g/mol. The predicted molar refractivity (Wildman–Crippen MR) is 61.4 cm³/mol. The molecule has 0 aromatic rings. The number of aliphatic hydroxyl groups is 1. The first kappa shape index (κ1) is 14.4. The normalized spacial score (nSPS) is 12.5. The molecule has 0 spiro atoms. The number of hydrogen-bond acceptors (Lipinski definition) is 3. The first-order valence-corrected chi connectivity index (χ1v) is 5.83. The summed E-state index contributed by atoms with van der Waals surface area (Å²) in [7, 11) is 0. The third kappa shape index (κ3) is 9.69. The number of rotatable bonds is 9. The molecule has 0 aliphatic rings. The molecule has 0 aliphatic carbocycles. The molecule has 0 saturated carbocycles. The van der Waals surface area contributed by atoms with E-state index in [2.05, 4.69) is 12.2 Å². The summed E-state index contributed by atoms with van der Waals surface area (Å²) in [6.07, 6.45) is 5.04. The van der Waals surface area contributed by atoms with Crippen molar-refractivity contribution >= 4 is 5.91 Å². The van der Waals surface area contributed by atoms with Gasteiger partial charge in [0.05, 0.1) is 0 Å². The number of carbonyl (C=O) groups is 1. The Morgan fingerprint density at radius 3 is 2.73 bits per heavy atom. The van der Waals surface area contributed by atoms with Crippen LogP contribution in [0.3, 0.4) is 0 Å². The zero-order valence-corrected chi connectivity index (χ0v) is 9.67. The van der Waals surface area contributed by atoms with Gasteiger partial charge in [0.15, 0.2) is 0 Å². The highest BCUT2D eigenvalue weighted by atomic mass is 16.2. The maximum Gasteiger partial charge on any atom is 0.221 e. The van der Waals surface area contributed by atoms with Crippen molar-refractivity contribution in [3.05, 3.63) is 0 Å². The number of carbonyl (C=O) groups excluding carboxylic acids is 1. The third-order valence-electron chi connectivity index (χ3n) is 2.26. The van der Waals surface area contributed by atoms with Crippen molar-refractivity contribution in [2.24, 2.45) is 5.73 Å². The van der Waals surface area contributed by atoms with Crippen molar-refractivity contribution in [2.45, 2.75) is 51.5 Å². The molecule has 0 heterocycles. The average Bonchev–Trinajstić information content (AvgIpc) is 2.17. The molecule has 15 heavy (non-hydrogen) atoms. The fourth-order valence-electron chi connectivity index (χ4n) is 1.42. The molecule has 0 aliphatic heterocycles. The fraction of sp³-hybridized carbons (Fsp3) is 0.909. The highest BCUT2D eigenvalue weighted by Crippen LogP contribution is 1.98. The van der Waals surface area contributed by atoms with Gasteiger partial charge in [0.25, 0.3) is 0 Å². The molecular weight excluding hydrogens is 192 g/mol. The van der Waals surface area contributed by atoms with Crippen LogP contribution in [-0.2, 0) is 4.79 Å². The van der Waals surface area contributed by atoms with Crippen LogP contribution in [-0.4, -0.2) is 30.2 Å². The maximum absolute atomic E-state index is 11.3. The second-order valence-electron chi connectivity index (χ2n) is 3.89. The molecule has 0 rings (SSSR count). The minimum Gasteiger partial charge on any atom is -0.396 e. The van der Waals surface area contributed by atoms with Crippen LogP contribution in [0.4, 0.5) is 0 Å². The van der Waals surface area contributed by atoms with Gasteiger partial charge in [-0.2, -0.15) is 0 Å². The lowest BCUT2D eigenvalue weighted by molar-refractivity contribution is -0.121. The predicted octanol–water partition coefficient (Wildman–Crippen LogP) is 0.783. The summed E-state index contributed by atoms with van der Waals surface area (Å²) in [5, 5.41) is 11.4. The van der Waals surface area contributed by atoms with Gasteiger partial charge in [-0.05, 0) is 25.7 Å². The summed E-state index contributed by atoms with van der Waals surface area (Å²) < 4.78 is 0. The van der Waals surface area contributed by atoms with Crippen LogP contribution in [0.15, 0.2) is 0 Å². The molecule has 1 amide bonds. The van der Waals surface area contributed by atoms with Gasteiger partial charge in [0.1, 0.15) is 0 Å². The van der Waals surface area contributed by atoms with E-state index < -0.39 is 0 Å². The molecule has 0 fully saturated rings. The number of nitrogens with one attached hydrogen (secondary N) is 1. The lowest BCUT2D eigenvalue weighted by Gasteiger charge is -2.10. The van der Waals surface area contributed by atoms with Crippen molar-refractivity contribution < 1.29 is 9.90 Å². The van der Waals surface area contributed by atoms with Crippen LogP contribution in [0.25, 0.3) is 0 Å². The fourth-order valence-corrected chi connectivity index (χ4v) is 1.42.